The average Bonchev–Trinajstić information content (AvgIpc) is 3.41. The van der Waals surface area contributed by atoms with Crippen LogP contribution in [0.15, 0.2) is 48.9 Å². The first-order chi connectivity index (χ1) is 19.8. The van der Waals surface area contributed by atoms with Crippen molar-refractivity contribution in [2.45, 2.75) is 31.1 Å². The number of piperazine rings is 1. The first-order valence-corrected chi connectivity index (χ1v) is 15.9. The van der Waals surface area contributed by atoms with Crippen molar-refractivity contribution in [3.63, 3.8) is 0 Å². The van der Waals surface area contributed by atoms with Crippen molar-refractivity contribution >= 4 is 49.9 Å². The Hall–Kier alpha value is -2.96. The molecule has 6 rings (SSSR count). The topological polar surface area (TPSA) is 116 Å². The zero-order chi connectivity index (χ0) is 28.6. The maximum atomic E-state index is 13.1. The van der Waals surface area contributed by atoms with Gasteiger partial charge in [0.1, 0.15) is 23.4 Å². The highest BCUT2D eigenvalue weighted by molar-refractivity contribution is 7.89. The van der Waals surface area contributed by atoms with Crippen LogP contribution in [0.4, 0.5) is 5.82 Å². The van der Waals surface area contributed by atoms with Crippen molar-refractivity contribution in [2.75, 3.05) is 44.2 Å². The second kappa shape index (κ2) is 11.7. The molecule has 0 aliphatic carbocycles. The van der Waals surface area contributed by atoms with E-state index < -0.39 is 10.0 Å². The molecule has 2 N–H and O–H groups in total. The molecule has 1 aromatic carbocycles. The number of nitrogens with zero attached hydrogens (tertiary/aromatic N) is 5. The first kappa shape index (κ1) is 28.2. The molecule has 10 nitrogen and oxygen atoms in total. The lowest BCUT2D eigenvalue weighted by molar-refractivity contribution is 0.227. The Kier molecular flexibility index (Phi) is 8.06. The summed E-state index contributed by atoms with van der Waals surface area (Å²) in [5.41, 5.74) is 3.17. The standard InChI is InChI=1S/C28H31Cl2N7O3S/c1-18(27-23(29)16-32-17-24(27)30)40-20-3-4-25-22(14-20)28(35-34-25)19-2-5-26(33-15-19)36-10-12-37(13-11-36)41(38,39)21-6-8-31-9-7-21/h2-5,14-18,21,31H,6-13H2,1H3,(H,34,35)/t18-/m1/s1. The van der Waals surface area contributed by atoms with Crippen LogP contribution in [0.5, 0.6) is 5.75 Å². The smallest absolute Gasteiger partial charge is 0.217 e. The number of sulfonamides is 1. The summed E-state index contributed by atoms with van der Waals surface area (Å²) in [4.78, 5) is 10.8. The van der Waals surface area contributed by atoms with Crippen LogP contribution in [-0.4, -0.2) is 77.4 Å². The molecule has 5 heterocycles. The largest absolute Gasteiger partial charge is 0.486 e. The van der Waals surface area contributed by atoms with Gasteiger partial charge in [0.15, 0.2) is 0 Å². The lowest BCUT2D eigenvalue weighted by Crippen LogP contribution is -2.52. The number of hydrogen-bond donors (Lipinski definition) is 2. The highest BCUT2D eigenvalue weighted by Gasteiger charge is 2.35. The summed E-state index contributed by atoms with van der Waals surface area (Å²) in [6.07, 6.45) is 5.86. The fourth-order valence-corrected chi connectivity index (χ4v) is 8.15. The van der Waals surface area contributed by atoms with E-state index in [0.29, 0.717) is 60.4 Å². The van der Waals surface area contributed by atoms with Gasteiger partial charge in [0.2, 0.25) is 10.0 Å². The van der Waals surface area contributed by atoms with Gasteiger partial charge in [-0.25, -0.2) is 13.4 Å². The molecular formula is C28H31Cl2N7O3S. The minimum Gasteiger partial charge on any atom is -0.486 e. The predicted octanol–water partition coefficient (Wildman–Crippen LogP) is 4.67. The van der Waals surface area contributed by atoms with Crippen LogP contribution in [0, 0.1) is 0 Å². The molecule has 3 aromatic heterocycles. The molecule has 0 unspecified atom stereocenters. The van der Waals surface area contributed by atoms with Crippen molar-refractivity contribution in [3.05, 3.63) is 64.5 Å². The second-order valence-electron chi connectivity index (χ2n) is 10.3. The zero-order valence-electron chi connectivity index (χ0n) is 22.6. The van der Waals surface area contributed by atoms with Gasteiger partial charge in [-0.3, -0.25) is 10.1 Å². The zero-order valence-corrected chi connectivity index (χ0v) is 24.9. The number of hydrogen-bond acceptors (Lipinski definition) is 8. The van der Waals surface area contributed by atoms with Crippen molar-refractivity contribution < 1.29 is 13.2 Å². The number of pyridine rings is 2. The van der Waals surface area contributed by atoms with Gasteiger partial charge in [-0.1, -0.05) is 23.2 Å². The number of benzene rings is 1. The van der Waals surface area contributed by atoms with Gasteiger partial charge in [-0.05, 0) is 63.2 Å². The molecule has 0 spiro atoms. The molecule has 0 bridgehead atoms. The van der Waals surface area contributed by atoms with E-state index in [1.807, 2.05) is 37.3 Å². The quantitative estimate of drug-likeness (QED) is 0.308. The molecular weight excluding hydrogens is 585 g/mol. The first-order valence-electron chi connectivity index (χ1n) is 13.7. The fourth-order valence-electron chi connectivity index (χ4n) is 5.55. The van der Waals surface area contributed by atoms with Crippen molar-refractivity contribution in [2.24, 2.45) is 0 Å². The summed E-state index contributed by atoms with van der Waals surface area (Å²) in [7, 11) is -3.27. The molecule has 41 heavy (non-hydrogen) atoms. The monoisotopic (exact) mass is 615 g/mol. The average molecular weight is 617 g/mol. The Labute approximate surface area is 249 Å². The summed E-state index contributed by atoms with van der Waals surface area (Å²) in [5, 5.41) is 12.4. The highest BCUT2D eigenvalue weighted by Crippen LogP contribution is 2.35. The second-order valence-corrected chi connectivity index (χ2v) is 13.4. The third kappa shape index (κ3) is 5.74. The number of H-pyrrole nitrogens is 1. The van der Waals surface area contributed by atoms with Crippen molar-refractivity contribution in [1.29, 1.82) is 0 Å². The molecule has 2 aliphatic rings. The Balaban J connectivity index is 1.15. The summed E-state index contributed by atoms with van der Waals surface area (Å²) < 4.78 is 34.0. The Bertz CT molecular complexity index is 1610. The molecule has 4 aromatic rings. The lowest BCUT2D eigenvalue weighted by Gasteiger charge is -2.37. The van der Waals surface area contributed by atoms with Crippen LogP contribution in [0.3, 0.4) is 0 Å². The Morgan fingerprint density at radius 1 is 1.00 bits per heavy atom. The van der Waals surface area contributed by atoms with Gasteiger partial charge in [0.25, 0.3) is 0 Å². The number of halogens is 2. The molecule has 1 atom stereocenters. The summed E-state index contributed by atoms with van der Waals surface area (Å²) >= 11 is 12.6. The van der Waals surface area contributed by atoms with Crippen LogP contribution in [0.25, 0.3) is 22.2 Å². The number of piperidine rings is 1. The van der Waals surface area contributed by atoms with Crippen LogP contribution in [0.1, 0.15) is 31.4 Å². The molecule has 13 heteroatoms. The van der Waals surface area contributed by atoms with E-state index in [1.54, 1.807) is 22.9 Å². The number of fused-ring (bicyclic) bond motifs is 1. The van der Waals surface area contributed by atoms with E-state index in [-0.39, 0.29) is 11.4 Å². The maximum absolute atomic E-state index is 13.1. The lowest BCUT2D eigenvalue weighted by atomic mass is 10.1. The molecule has 0 saturated carbocycles. The van der Waals surface area contributed by atoms with E-state index >= 15 is 0 Å². The Morgan fingerprint density at radius 2 is 1.73 bits per heavy atom. The van der Waals surface area contributed by atoms with Crippen molar-refractivity contribution in [3.8, 4) is 17.0 Å². The van der Waals surface area contributed by atoms with Gasteiger partial charge < -0.3 is 15.0 Å². The minimum absolute atomic E-state index is 0.281. The minimum atomic E-state index is -3.27. The fraction of sp³-hybridized carbons (Fsp3) is 0.393. The van der Waals surface area contributed by atoms with E-state index in [0.717, 1.165) is 41.1 Å². The van der Waals surface area contributed by atoms with Gasteiger partial charge in [-0.2, -0.15) is 9.40 Å². The summed E-state index contributed by atoms with van der Waals surface area (Å²) in [5.74, 6) is 1.47. The number of aromatic amines is 1. The number of anilines is 1. The maximum Gasteiger partial charge on any atom is 0.217 e. The van der Waals surface area contributed by atoms with Crippen LogP contribution in [-0.2, 0) is 10.0 Å². The third-order valence-electron chi connectivity index (χ3n) is 7.80. The van der Waals surface area contributed by atoms with E-state index in [2.05, 4.69) is 25.4 Å². The number of aromatic nitrogens is 4. The van der Waals surface area contributed by atoms with Crippen LogP contribution < -0.4 is 15.0 Å². The molecule has 2 saturated heterocycles. The van der Waals surface area contributed by atoms with Gasteiger partial charge in [0.05, 0.1) is 20.8 Å². The molecule has 2 fully saturated rings. The van der Waals surface area contributed by atoms with E-state index in [1.165, 1.54) is 0 Å². The molecule has 0 radical (unpaired) electrons. The number of ether oxygens (including phenoxy) is 1. The van der Waals surface area contributed by atoms with Gasteiger partial charge in [-0.15, -0.1) is 0 Å². The SMILES string of the molecule is C[C@@H](Oc1ccc2[nH]nc(-c3ccc(N4CCN(S(=O)(=O)C5CCNCC5)CC4)nc3)c2c1)c1c(Cl)cncc1Cl. The normalized spacial score (nSPS) is 18.1. The van der Waals surface area contributed by atoms with Crippen molar-refractivity contribution in [1.82, 2.24) is 29.8 Å². The third-order valence-corrected chi connectivity index (χ3v) is 10.8. The number of nitrogens with one attached hydrogen (secondary N) is 2. The van der Waals surface area contributed by atoms with Crippen LogP contribution >= 0.6 is 23.2 Å². The molecule has 216 valence electrons. The number of rotatable bonds is 7. The summed E-state index contributed by atoms with van der Waals surface area (Å²) in [6.45, 7) is 5.55. The van der Waals surface area contributed by atoms with E-state index in [9.17, 15) is 8.42 Å². The van der Waals surface area contributed by atoms with Crippen LogP contribution in [0.2, 0.25) is 10.0 Å². The van der Waals surface area contributed by atoms with Gasteiger partial charge >= 0.3 is 0 Å². The predicted molar refractivity (Wildman–Crippen MR) is 161 cm³/mol. The Morgan fingerprint density at radius 3 is 2.41 bits per heavy atom. The summed E-state index contributed by atoms with van der Waals surface area (Å²) in [6, 6.07) is 9.67. The van der Waals surface area contributed by atoms with E-state index in [4.69, 9.17) is 32.9 Å². The molecule has 0 amide bonds. The van der Waals surface area contributed by atoms with Gasteiger partial charge in [0, 0.05) is 61.3 Å². The molecule has 2 aliphatic heterocycles. The highest BCUT2D eigenvalue weighted by atomic mass is 35.5.